The Morgan fingerprint density at radius 2 is 2.35 bits per heavy atom. The first-order valence-electron chi connectivity index (χ1n) is 6.90. The number of carbonyl (C=O) groups is 1. The number of halogens is 1. The first kappa shape index (κ1) is 14.9. The molecular weight excluding hydrogens is 259 g/mol. The van der Waals surface area contributed by atoms with Crippen molar-refractivity contribution in [3.63, 3.8) is 0 Å². The molecule has 0 saturated carbocycles. The van der Waals surface area contributed by atoms with Crippen LogP contribution in [0.15, 0.2) is 18.2 Å². The second-order valence-electron chi connectivity index (χ2n) is 5.09. The van der Waals surface area contributed by atoms with Gasteiger partial charge in [-0.1, -0.05) is 12.1 Å². The SMILES string of the molecule is CNC(=O)CCN1CCO[C@H](c2ccc(F)c(C)c2)C1. The zero-order chi connectivity index (χ0) is 14.5. The molecule has 5 heteroatoms. The zero-order valence-corrected chi connectivity index (χ0v) is 12.0. The van der Waals surface area contributed by atoms with Crippen LogP contribution in [-0.4, -0.2) is 44.1 Å². The molecule has 0 aromatic heterocycles. The molecule has 1 heterocycles. The van der Waals surface area contributed by atoms with E-state index in [9.17, 15) is 9.18 Å². The van der Waals surface area contributed by atoms with Crippen molar-refractivity contribution in [3.8, 4) is 0 Å². The summed E-state index contributed by atoms with van der Waals surface area (Å²) in [6.45, 7) is 4.68. The maximum Gasteiger partial charge on any atom is 0.221 e. The molecule has 0 unspecified atom stereocenters. The summed E-state index contributed by atoms with van der Waals surface area (Å²) in [5, 5.41) is 2.62. The first-order chi connectivity index (χ1) is 9.60. The molecule has 0 radical (unpaired) electrons. The van der Waals surface area contributed by atoms with Crippen molar-refractivity contribution >= 4 is 5.91 Å². The largest absolute Gasteiger partial charge is 0.371 e. The predicted molar refractivity (Wildman–Crippen MR) is 75.0 cm³/mol. The van der Waals surface area contributed by atoms with Crippen LogP contribution in [0.4, 0.5) is 4.39 Å². The highest BCUT2D eigenvalue weighted by Crippen LogP contribution is 2.24. The molecule has 1 aromatic carbocycles. The number of rotatable bonds is 4. The number of ether oxygens (including phenoxy) is 1. The Labute approximate surface area is 118 Å². The van der Waals surface area contributed by atoms with E-state index in [0.29, 0.717) is 18.6 Å². The van der Waals surface area contributed by atoms with Gasteiger partial charge >= 0.3 is 0 Å². The number of nitrogens with one attached hydrogen (secondary N) is 1. The van der Waals surface area contributed by atoms with E-state index in [1.807, 2.05) is 6.07 Å². The fraction of sp³-hybridized carbons (Fsp3) is 0.533. The highest BCUT2D eigenvalue weighted by molar-refractivity contribution is 5.75. The van der Waals surface area contributed by atoms with Crippen molar-refractivity contribution in [2.45, 2.75) is 19.4 Å². The maximum atomic E-state index is 13.3. The van der Waals surface area contributed by atoms with Gasteiger partial charge in [0.05, 0.1) is 12.7 Å². The Bertz CT molecular complexity index is 479. The third-order valence-corrected chi connectivity index (χ3v) is 3.64. The smallest absolute Gasteiger partial charge is 0.221 e. The zero-order valence-electron chi connectivity index (χ0n) is 12.0. The van der Waals surface area contributed by atoms with E-state index in [2.05, 4.69) is 10.2 Å². The molecule has 1 aliphatic heterocycles. The summed E-state index contributed by atoms with van der Waals surface area (Å²) >= 11 is 0. The first-order valence-corrected chi connectivity index (χ1v) is 6.90. The number of morpholine rings is 1. The van der Waals surface area contributed by atoms with Gasteiger partial charge in [-0.05, 0) is 24.1 Å². The lowest BCUT2D eigenvalue weighted by molar-refractivity contribution is -0.121. The normalized spacial score (nSPS) is 19.9. The Balaban J connectivity index is 1.95. The summed E-state index contributed by atoms with van der Waals surface area (Å²) in [5.74, 6) is -0.147. The van der Waals surface area contributed by atoms with Gasteiger partial charge in [0.15, 0.2) is 0 Å². The van der Waals surface area contributed by atoms with Gasteiger partial charge in [-0.3, -0.25) is 9.69 Å². The lowest BCUT2D eigenvalue weighted by Crippen LogP contribution is -2.40. The van der Waals surface area contributed by atoms with Crippen molar-refractivity contribution in [2.75, 3.05) is 33.3 Å². The van der Waals surface area contributed by atoms with Crippen LogP contribution in [0.3, 0.4) is 0 Å². The summed E-state index contributed by atoms with van der Waals surface area (Å²) in [7, 11) is 1.64. The predicted octanol–water partition coefficient (Wildman–Crippen LogP) is 1.64. The maximum absolute atomic E-state index is 13.3. The number of amides is 1. The standard InChI is InChI=1S/C15H21FN2O2/c1-11-9-12(3-4-13(11)16)14-10-18(7-8-20-14)6-5-15(19)17-2/h3-4,9,14H,5-8,10H2,1-2H3,(H,17,19)/t14-/m0/s1. The molecule has 20 heavy (non-hydrogen) atoms. The molecule has 1 N–H and O–H groups in total. The van der Waals surface area contributed by atoms with Gasteiger partial charge in [0.1, 0.15) is 5.82 Å². The lowest BCUT2D eigenvalue weighted by atomic mass is 10.0. The molecule has 1 atom stereocenters. The summed E-state index contributed by atoms with van der Waals surface area (Å²) in [6.07, 6.45) is 0.443. The van der Waals surface area contributed by atoms with Crippen molar-refractivity contribution in [2.24, 2.45) is 0 Å². The van der Waals surface area contributed by atoms with Crippen molar-refractivity contribution in [1.29, 1.82) is 0 Å². The minimum atomic E-state index is -0.193. The molecule has 0 bridgehead atoms. The third-order valence-electron chi connectivity index (χ3n) is 3.64. The van der Waals surface area contributed by atoms with Crippen LogP contribution < -0.4 is 5.32 Å². The quantitative estimate of drug-likeness (QED) is 0.911. The molecule has 1 fully saturated rings. The fourth-order valence-electron chi connectivity index (χ4n) is 2.36. The van der Waals surface area contributed by atoms with Crippen LogP contribution in [0.1, 0.15) is 23.7 Å². The van der Waals surface area contributed by atoms with E-state index in [-0.39, 0.29) is 17.8 Å². The topological polar surface area (TPSA) is 41.6 Å². The molecule has 1 aliphatic rings. The van der Waals surface area contributed by atoms with Gasteiger partial charge in [-0.15, -0.1) is 0 Å². The van der Waals surface area contributed by atoms with Gasteiger partial charge in [0, 0.05) is 33.1 Å². The minimum Gasteiger partial charge on any atom is -0.371 e. The highest BCUT2D eigenvalue weighted by atomic mass is 19.1. The molecular formula is C15H21FN2O2. The average molecular weight is 280 g/mol. The summed E-state index contributed by atoms with van der Waals surface area (Å²) in [6, 6.07) is 5.09. The molecule has 1 aromatic rings. The van der Waals surface area contributed by atoms with Crippen LogP contribution in [0.25, 0.3) is 0 Å². The van der Waals surface area contributed by atoms with Crippen molar-refractivity contribution < 1.29 is 13.9 Å². The van der Waals surface area contributed by atoms with Gasteiger partial charge in [-0.25, -0.2) is 4.39 Å². The molecule has 4 nitrogen and oxygen atoms in total. The fourth-order valence-corrected chi connectivity index (χ4v) is 2.36. The van der Waals surface area contributed by atoms with E-state index in [0.717, 1.165) is 25.2 Å². The monoisotopic (exact) mass is 280 g/mol. The van der Waals surface area contributed by atoms with Crippen molar-refractivity contribution in [1.82, 2.24) is 10.2 Å². The molecule has 110 valence electrons. The van der Waals surface area contributed by atoms with Crippen LogP contribution in [-0.2, 0) is 9.53 Å². The molecule has 1 saturated heterocycles. The van der Waals surface area contributed by atoms with Crippen molar-refractivity contribution in [3.05, 3.63) is 35.1 Å². The number of hydrogen-bond donors (Lipinski definition) is 1. The van der Waals surface area contributed by atoms with E-state index in [4.69, 9.17) is 4.74 Å². The summed E-state index contributed by atoms with van der Waals surface area (Å²) in [4.78, 5) is 13.5. The van der Waals surface area contributed by atoms with Crippen LogP contribution >= 0.6 is 0 Å². The Morgan fingerprint density at radius 3 is 3.05 bits per heavy atom. The molecule has 0 spiro atoms. The number of hydrogen-bond acceptors (Lipinski definition) is 3. The van der Waals surface area contributed by atoms with E-state index in [1.165, 1.54) is 6.07 Å². The van der Waals surface area contributed by atoms with Gasteiger partial charge in [0.25, 0.3) is 0 Å². The van der Waals surface area contributed by atoms with Gasteiger partial charge < -0.3 is 10.1 Å². The van der Waals surface area contributed by atoms with Crippen LogP contribution in [0.5, 0.6) is 0 Å². The number of benzene rings is 1. The highest BCUT2D eigenvalue weighted by Gasteiger charge is 2.22. The minimum absolute atomic E-state index is 0.0469. The Morgan fingerprint density at radius 1 is 1.55 bits per heavy atom. The average Bonchev–Trinajstić information content (AvgIpc) is 2.48. The second kappa shape index (κ2) is 6.81. The second-order valence-corrected chi connectivity index (χ2v) is 5.09. The number of carbonyl (C=O) groups excluding carboxylic acids is 1. The molecule has 1 amide bonds. The Hall–Kier alpha value is -1.46. The molecule has 0 aliphatic carbocycles. The van der Waals surface area contributed by atoms with Gasteiger partial charge in [-0.2, -0.15) is 0 Å². The number of aryl methyl sites for hydroxylation is 1. The van der Waals surface area contributed by atoms with Gasteiger partial charge in [0.2, 0.25) is 5.91 Å². The Kier molecular flexibility index (Phi) is 5.09. The van der Waals surface area contributed by atoms with E-state index in [1.54, 1.807) is 20.0 Å². The number of nitrogens with zero attached hydrogens (tertiary/aromatic N) is 1. The third kappa shape index (κ3) is 3.77. The van der Waals surface area contributed by atoms with E-state index >= 15 is 0 Å². The summed E-state index contributed by atoms with van der Waals surface area (Å²) in [5.41, 5.74) is 1.63. The van der Waals surface area contributed by atoms with Crippen LogP contribution in [0, 0.1) is 12.7 Å². The summed E-state index contributed by atoms with van der Waals surface area (Å²) < 4.78 is 19.1. The molecule has 2 rings (SSSR count). The van der Waals surface area contributed by atoms with E-state index < -0.39 is 0 Å². The van der Waals surface area contributed by atoms with Crippen LogP contribution in [0.2, 0.25) is 0 Å². The lowest BCUT2D eigenvalue weighted by Gasteiger charge is -2.33.